The second-order valence-corrected chi connectivity index (χ2v) is 3.97. The highest BCUT2D eigenvalue weighted by Crippen LogP contribution is 2.27. The van der Waals surface area contributed by atoms with Gasteiger partial charge in [-0.25, -0.2) is 9.97 Å². The Hall–Kier alpha value is -1.61. The fraction of sp³-hybridized carbons (Fsp3) is 0.231. The van der Waals surface area contributed by atoms with E-state index >= 15 is 0 Å². The van der Waals surface area contributed by atoms with E-state index in [1.165, 1.54) is 6.33 Å². The number of hydrogen-bond donors (Lipinski definition) is 0. The normalized spacial score (nSPS) is 10.2. The Morgan fingerprint density at radius 2 is 1.94 bits per heavy atom. The number of hydrogen-bond acceptors (Lipinski definition) is 3. The van der Waals surface area contributed by atoms with E-state index in [-0.39, 0.29) is 0 Å². The first kappa shape index (κ1) is 11.9. The maximum atomic E-state index is 6.04. The monoisotopic (exact) mass is 248 g/mol. The van der Waals surface area contributed by atoms with Crippen molar-refractivity contribution in [2.75, 3.05) is 0 Å². The number of rotatable bonds is 4. The summed E-state index contributed by atoms with van der Waals surface area (Å²) < 4.78 is 5.71. The lowest BCUT2D eigenvalue weighted by Gasteiger charge is -2.09. The fourth-order valence-electron chi connectivity index (χ4n) is 1.52. The molecule has 2 rings (SSSR count). The van der Waals surface area contributed by atoms with Crippen molar-refractivity contribution in [3.05, 3.63) is 47.4 Å². The van der Waals surface area contributed by atoms with Gasteiger partial charge in [-0.2, -0.15) is 0 Å². The fourth-order valence-corrected chi connectivity index (χ4v) is 1.74. The summed E-state index contributed by atoms with van der Waals surface area (Å²) in [6.07, 6.45) is 3.19. The van der Waals surface area contributed by atoms with Crippen LogP contribution < -0.4 is 4.74 Å². The minimum Gasteiger partial charge on any atom is -0.439 e. The molecule has 2 aromatic rings. The van der Waals surface area contributed by atoms with E-state index < -0.39 is 0 Å². The topological polar surface area (TPSA) is 35.0 Å². The Morgan fingerprint density at radius 3 is 2.65 bits per heavy atom. The van der Waals surface area contributed by atoms with Crippen LogP contribution in [0, 0.1) is 0 Å². The lowest BCUT2D eigenvalue weighted by Crippen LogP contribution is -1.97. The smallest absolute Gasteiger partial charge is 0.226 e. The lowest BCUT2D eigenvalue weighted by atomic mass is 10.2. The van der Waals surface area contributed by atoms with E-state index in [9.17, 15) is 0 Å². The second-order valence-electron chi connectivity index (χ2n) is 3.61. The van der Waals surface area contributed by atoms with E-state index in [2.05, 4.69) is 16.9 Å². The molecule has 0 saturated carbocycles. The Morgan fingerprint density at radius 1 is 1.18 bits per heavy atom. The first-order valence-corrected chi connectivity index (χ1v) is 5.91. The van der Waals surface area contributed by atoms with Crippen LogP contribution in [-0.2, 0) is 6.42 Å². The Kier molecular flexibility index (Phi) is 3.94. The van der Waals surface area contributed by atoms with E-state index in [0.717, 1.165) is 24.2 Å². The summed E-state index contributed by atoms with van der Waals surface area (Å²) in [7, 11) is 0. The lowest BCUT2D eigenvalue weighted by molar-refractivity contribution is 0.454. The molecule has 0 N–H and O–H groups in total. The third kappa shape index (κ3) is 2.94. The van der Waals surface area contributed by atoms with Crippen molar-refractivity contribution in [1.29, 1.82) is 0 Å². The number of ether oxygens (including phenoxy) is 1. The quantitative estimate of drug-likeness (QED) is 0.771. The van der Waals surface area contributed by atoms with E-state index in [4.69, 9.17) is 16.3 Å². The summed E-state index contributed by atoms with van der Waals surface area (Å²) in [5.74, 6) is 1.29. The summed E-state index contributed by atoms with van der Waals surface area (Å²) in [5.41, 5.74) is 0.862. The van der Waals surface area contributed by atoms with Gasteiger partial charge >= 0.3 is 0 Å². The Bertz CT molecular complexity index is 488. The molecule has 0 radical (unpaired) electrons. The van der Waals surface area contributed by atoms with E-state index in [1.54, 1.807) is 0 Å². The second kappa shape index (κ2) is 5.64. The maximum Gasteiger partial charge on any atom is 0.226 e. The summed E-state index contributed by atoms with van der Waals surface area (Å²) in [6.45, 7) is 2.08. The number of aromatic nitrogens is 2. The van der Waals surface area contributed by atoms with Gasteiger partial charge in [0.25, 0.3) is 0 Å². The summed E-state index contributed by atoms with van der Waals surface area (Å²) in [6, 6.07) is 9.53. The average Bonchev–Trinajstić information content (AvgIpc) is 2.35. The first-order chi connectivity index (χ1) is 8.31. The molecule has 1 heterocycles. The molecular formula is C13H13ClN2O. The first-order valence-electron chi connectivity index (χ1n) is 5.53. The molecule has 0 fully saturated rings. The molecule has 0 amide bonds. The van der Waals surface area contributed by atoms with Gasteiger partial charge < -0.3 is 4.74 Å². The number of nitrogens with zero attached hydrogens (tertiary/aromatic N) is 2. The molecule has 0 spiro atoms. The van der Waals surface area contributed by atoms with E-state index in [1.807, 2.05) is 30.3 Å². The van der Waals surface area contributed by atoms with Crippen molar-refractivity contribution in [3.63, 3.8) is 0 Å². The van der Waals surface area contributed by atoms with Gasteiger partial charge in [0.2, 0.25) is 5.88 Å². The molecular weight excluding hydrogens is 236 g/mol. The molecule has 0 atom stereocenters. The Labute approximate surface area is 105 Å². The van der Waals surface area contributed by atoms with Crippen molar-refractivity contribution in [2.24, 2.45) is 0 Å². The summed E-state index contributed by atoms with van der Waals surface area (Å²) >= 11 is 6.04. The largest absolute Gasteiger partial charge is 0.439 e. The number of benzene rings is 1. The molecule has 17 heavy (non-hydrogen) atoms. The van der Waals surface area contributed by atoms with Crippen LogP contribution in [-0.4, -0.2) is 9.97 Å². The van der Waals surface area contributed by atoms with Crippen LogP contribution in [0.5, 0.6) is 11.6 Å². The molecule has 1 aromatic carbocycles. The van der Waals surface area contributed by atoms with Gasteiger partial charge in [-0.1, -0.05) is 43.1 Å². The van der Waals surface area contributed by atoms with Gasteiger partial charge in [0.05, 0.1) is 5.56 Å². The van der Waals surface area contributed by atoms with Crippen LogP contribution in [0.4, 0.5) is 0 Å². The summed E-state index contributed by atoms with van der Waals surface area (Å²) in [4.78, 5) is 8.11. The average molecular weight is 249 g/mol. The summed E-state index contributed by atoms with van der Waals surface area (Å²) in [5, 5.41) is 0.466. The SMILES string of the molecule is CCCc1c(Cl)ncnc1Oc1ccccc1. The van der Waals surface area contributed by atoms with E-state index in [0.29, 0.717) is 11.0 Å². The highest BCUT2D eigenvalue weighted by Gasteiger charge is 2.10. The molecule has 0 aliphatic heterocycles. The molecule has 4 heteroatoms. The molecule has 0 aliphatic carbocycles. The van der Waals surface area contributed by atoms with Crippen LogP contribution in [0.3, 0.4) is 0 Å². The zero-order valence-electron chi connectivity index (χ0n) is 9.56. The number of para-hydroxylation sites is 1. The predicted octanol–water partition coefficient (Wildman–Crippen LogP) is 3.87. The van der Waals surface area contributed by atoms with Crippen molar-refractivity contribution in [3.8, 4) is 11.6 Å². The molecule has 0 aliphatic rings. The zero-order chi connectivity index (χ0) is 12.1. The molecule has 0 bridgehead atoms. The highest BCUT2D eigenvalue weighted by atomic mass is 35.5. The Balaban J connectivity index is 2.29. The van der Waals surface area contributed by atoms with Crippen LogP contribution in [0.15, 0.2) is 36.7 Å². The molecule has 3 nitrogen and oxygen atoms in total. The minimum absolute atomic E-state index is 0.466. The third-order valence-corrected chi connectivity index (χ3v) is 2.64. The molecule has 88 valence electrons. The van der Waals surface area contributed by atoms with Crippen molar-refractivity contribution < 1.29 is 4.74 Å². The van der Waals surface area contributed by atoms with Crippen molar-refractivity contribution in [2.45, 2.75) is 19.8 Å². The molecule has 0 saturated heterocycles. The van der Waals surface area contributed by atoms with Gasteiger partial charge in [0.1, 0.15) is 17.2 Å². The third-order valence-electron chi connectivity index (χ3n) is 2.31. The highest BCUT2D eigenvalue weighted by molar-refractivity contribution is 6.30. The van der Waals surface area contributed by atoms with Crippen LogP contribution >= 0.6 is 11.6 Å². The van der Waals surface area contributed by atoms with Crippen molar-refractivity contribution in [1.82, 2.24) is 9.97 Å². The van der Waals surface area contributed by atoms with Gasteiger partial charge in [-0.05, 0) is 18.6 Å². The van der Waals surface area contributed by atoms with Gasteiger partial charge in [0.15, 0.2) is 0 Å². The van der Waals surface area contributed by atoms with Crippen LogP contribution in [0.2, 0.25) is 5.15 Å². The van der Waals surface area contributed by atoms with Gasteiger partial charge in [-0.15, -0.1) is 0 Å². The molecule has 1 aromatic heterocycles. The number of halogens is 1. The maximum absolute atomic E-state index is 6.04. The van der Waals surface area contributed by atoms with Gasteiger partial charge in [-0.3, -0.25) is 0 Å². The predicted molar refractivity (Wildman–Crippen MR) is 67.6 cm³/mol. The van der Waals surface area contributed by atoms with Gasteiger partial charge in [0, 0.05) is 0 Å². The van der Waals surface area contributed by atoms with Crippen LogP contribution in [0.25, 0.3) is 0 Å². The minimum atomic E-state index is 0.466. The zero-order valence-corrected chi connectivity index (χ0v) is 10.3. The van der Waals surface area contributed by atoms with Crippen LogP contribution in [0.1, 0.15) is 18.9 Å². The molecule has 0 unspecified atom stereocenters. The van der Waals surface area contributed by atoms with Crippen molar-refractivity contribution >= 4 is 11.6 Å². The standard InChI is InChI=1S/C13H13ClN2O/c1-2-6-11-12(14)15-9-16-13(11)17-10-7-4-3-5-8-10/h3-5,7-9H,2,6H2,1H3.